The number of aromatic nitrogens is 5. The van der Waals surface area contributed by atoms with Gasteiger partial charge in [0.25, 0.3) is 0 Å². The van der Waals surface area contributed by atoms with Gasteiger partial charge < -0.3 is 14.4 Å². The average Bonchev–Trinajstić information content (AvgIpc) is 3.52. The maximum atomic E-state index is 13.6. The van der Waals surface area contributed by atoms with Gasteiger partial charge in [-0.15, -0.1) is 0 Å². The molecule has 1 atom stereocenters. The summed E-state index contributed by atoms with van der Waals surface area (Å²) < 4.78 is 44.2. The number of alkyl halides is 3. The highest BCUT2D eigenvalue weighted by Gasteiger charge is 2.39. The summed E-state index contributed by atoms with van der Waals surface area (Å²) >= 11 is 0.621. The van der Waals surface area contributed by atoms with Crippen molar-refractivity contribution in [2.24, 2.45) is 7.05 Å². The van der Waals surface area contributed by atoms with Crippen molar-refractivity contribution in [2.75, 3.05) is 24.5 Å². The molecule has 8 nitrogen and oxygen atoms in total. The largest absolute Gasteiger partial charge is 0.443 e. The number of nitrogens with zero attached hydrogens (tertiary/aromatic N) is 7. The van der Waals surface area contributed by atoms with Crippen molar-refractivity contribution in [3.05, 3.63) is 47.7 Å². The van der Waals surface area contributed by atoms with E-state index in [4.69, 9.17) is 0 Å². The normalized spacial score (nSPS) is 17.0. The van der Waals surface area contributed by atoms with E-state index in [2.05, 4.69) is 15.1 Å². The Morgan fingerprint density at radius 2 is 1.97 bits per heavy atom. The molecule has 5 rings (SSSR count). The molecule has 4 aromatic rings. The molecule has 0 radical (unpaired) electrons. The number of fused-ring (bicyclic) bond motifs is 1. The summed E-state index contributed by atoms with van der Waals surface area (Å²) in [4.78, 5) is 25.0. The summed E-state index contributed by atoms with van der Waals surface area (Å²) in [6, 6.07) is 8.94. The van der Waals surface area contributed by atoms with E-state index in [-0.39, 0.29) is 24.2 Å². The number of amides is 1. The van der Waals surface area contributed by atoms with E-state index >= 15 is 0 Å². The molecule has 4 heterocycles. The second kappa shape index (κ2) is 8.42. The zero-order valence-corrected chi connectivity index (χ0v) is 19.3. The third-order valence-electron chi connectivity index (χ3n) is 5.94. The van der Waals surface area contributed by atoms with Crippen molar-refractivity contribution >= 4 is 33.3 Å². The number of aryl methyl sites for hydroxylation is 1. The Labute approximate surface area is 197 Å². The van der Waals surface area contributed by atoms with Gasteiger partial charge in [-0.25, -0.2) is 9.97 Å². The van der Waals surface area contributed by atoms with Crippen LogP contribution in [0.3, 0.4) is 0 Å². The summed E-state index contributed by atoms with van der Waals surface area (Å²) in [7, 11) is 1.77. The predicted octanol–water partition coefficient (Wildman–Crippen LogP) is 3.65. The first kappa shape index (κ1) is 22.4. The second-order valence-electron chi connectivity index (χ2n) is 8.24. The Morgan fingerprint density at radius 3 is 2.65 bits per heavy atom. The maximum absolute atomic E-state index is 13.6. The fourth-order valence-corrected chi connectivity index (χ4v) is 5.25. The highest BCUT2D eigenvalue weighted by atomic mass is 32.1. The molecule has 0 unspecified atom stereocenters. The van der Waals surface area contributed by atoms with Crippen LogP contribution in [0.1, 0.15) is 11.9 Å². The average molecular weight is 490 g/mol. The number of carbonyl (C=O) groups is 1. The molecule has 0 aliphatic carbocycles. The highest BCUT2D eigenvalue weighted by Crippen LogP contribution is 2.43. The molecule has 178 valence electrons. The minimum atomic E-state index is -4.56. The maximum Gasteiger partial charge on any atom is 0.443 e. The number of hydrogen-bond donors (Lipinski definition) is 0. The molecule has 3 aromatic heterocycles. The van der Waals surface area contributed by atoms with Crippen LogP contribution in [0.15, 0.2) is 42.7 Å². The van der Waals surface area contributed by atoms with Crippen LogP contribution in [0.2, 0.25) is 0 Å². The van der Waals surface area contributed by atoms with Gasteiger partial charge in [0.1, 0.15) is 17.2 Å². The van der Waals surface area contributed by atoms with Gasteiger partial charge in [-0.1, -0.05) is 23.5 Å². The fraction of sp³-hybridized carbons (Fsp3) is 0.364. The molecule has 1 saturated heterocycles. The van der Waals surface area contributed by atoms with Gasteiger partial charge in [0.05, 0.1) is 11.0 Å². The first-order chi connectivity index (χ1) is 16.2. The number of benzene rings is 1. The first-order valence-corrected chi connectivity index (χ1v) is 11.6. The number of imidazole rings is 1. The van der Waals surface area contributed by atoms with E-state index < -0.39 is 11.2 Å². The molecule has 1 aliphatic heterocycles. The molecule has 1 aliphatic rings. The highest BCUT2D eigenvalue weighted by molar-refractivity contribution is 7.16. The molecular formula is C22H22F3N7OS. The van der Waals surface area contributed by atoms with E-state index in [0.29, 0.717) is 47.3 Å². The Hall–Kier alpha value is -3.41. The zero-order chi connectivity index (χ0) is 24.0. The summed E-state index contributed by atoms with van der Waals surface area (Å²) in [5.74, 6) is 0.305. The Bertz CT molecular complexity index is 1330. The minimum absolute atomic E-state index is 0.0771. The number of hydrogen-bond acceptors (Lipinski definition) is 6. The van der Waals surface area contributed by atoms with E-state index in [9.17, 15) is 18.0 Å². The van der Waals surface area contributed by atoms with Crippen LogP contribution >= 0.6 is 11.3 Å². The van der Waals surface area contributed by atoms with E-state index in [0.717, 1.165) is 5.52 Å². The van der Waals surface area contributed by atoms with E-state index in [1.54, 1.807) is 39.7 Å². The number of thiazole rings is 1. The number of carbonyl (C=O) groups excluding carboxylic acids is 1. The van der Waals surface area contributed by atoms with Crippen LogP contribution in [0, 0.1) is 0 Å². The number of halogens is 3. The van der Waals surface area contributed by atoms with Gasteiger partial charge in [0, 0.05) is 45.1 Å². The zero-order valence-electron chi connectivity index (χ0n) is 18.5. The number of rotatable bonds is 4. The Morgan fingerprint density at radius 1 is 1.18 bits per heavy atom. The van der Waals surface area contributed by atoms with Gasteiger partial charge in [0.15, 0.2) is 5.82 Å². The minimum Gasteiger partial charge on any atom is -0.358 e. The summed E-state index contributed by atoms with van der Waals surface area (Å²) in [5, 5.41) is 3.58. The molecular weight excluding hydrogens is 467 g/mol. The lowest BCUT2D eigenvalue weighted by Gasteiger charge is -2.40. The topological polar surface area (TPSA) is 72.1 Å². The standard InChI is InChI=1S/C22H22F3N7OS/c1-14-12-30(10-11-32(14)17(33)13-31-9-5-8-26-31)20-18(28-21(34-20)22(23,24)25)19-27-15-6-3-4-7-16(15)29(19)2/h3-9,14H,10-13H2,1-2H3/t14-/m1/s1. The van der Waals surface area contributed by atoms with Crippen LogP contribution in [-0.4, -0.2) is 60.8 Å². The third kappa shape index (κ3) is 4.02. The summed E-state index contributed by atoms with van der Waals surface area (Å²) in [6.07, 6.45) is -1.23. The van der Waals surface area contributed by atoms with Crippen molar-refractivity contribution in [3.8, 4) is 11.5 Å². The van der Waals surface area contributed by atoms with Crippen molar-refractivity contribution in [1.82, 2.24) is 29.2 Å². The van der Waals surface area contributed by atoms with Crippen molar-refractivity contribution in [3.63, 3.8) is 0 Å². The molecule has 12 heteroatoms. The van der Waals surface area contributed by atoms with Gasteiger partial charge >= 0.3 is 6.18 Å². The van der Waals surface area contributed by atoms with Crippen molar-refractivity contribution in [1.29, 1.82) is 0 Å². The molecule has 0 saturated carbocycles. The molecule has 0 spiro atoms. The van der Waals surface area contributed by atoms with Gasteiger partial charge in [-0.3, -0.25) is 9.48 Å². The van der Waals surface area contributed by atoms with Crippen molar-refractivity contribution < 1.29 is 18.0 Å². The quantitative estimate of drug-likeness (QED) is 0.438. The molecule has 1 amide bonds. The lowest BCUT2D eigenvalue weighted by Crippen LogP contribution is -2.54. The monoisotopic (exact) mass is 489 g/mol. The van der Waals surface area contributed by atoms with Crippen molar-refractivity contribution in [2.45, 2.75) is 25.7 Å². The number of piperazine rings is 1. The molecule has 1 aromatic carbocycles. The SMILES string of the molecule is C[C@@H]1CN(c2sc(C(F)(F)F)nc2-c2nc3ccccc3n2C)CCN1C(=O)Cn1cccn1. The van der Waals surface area contributed by atoms with E-state index in [1.807, 2.05) is 36.1 Å². The fourth-order valence-electron chi connectivity index (χ4n) is 4.29. The van der Waals surface area contributed by atoms with Crippen LogP contribution in [0.25, 0.3) is 22.6 Å². The molecule has 1 fully saturated rings. The van der Waals surface area contributed by atoms with Gasteiger partial charge in [-0.2, -0.15) is 18.3 Å². The number of anilines is 1. The smallest absolute Gasteiger partial charge is 0.358 e. The molecule has 0 N–H and O–H groups in total. The summed E-state index contributed by atoms with van der Waals surface area (Å²) in [5.41, 5.74) is 1.71. The lowest BCUT2D eigenvalue weighted by atomic mass is 10.2. The van der Waals surface area contributed by atoms with Gasteiger partial charge in [-0.05, 0) is 25.1 Å². The second-order valence-corrected chi connectivity index (χ2v) is 9.22. The molecule has 0 bridgehead atoms. The Balaban J connectivity index is 1.46. The van der Waals surface area contributed by atoms with Gasteiger partial charge in [0.2, 0.25) is 10.9 Å². The molecule has 34 heavy (non-hydrogen) atoms. The predicted molar refractivity (Wildman–Crippen MR) is 122 cm³/mol. The summed E-state index contributed by atoms with van der Waals surface area (Å²) in [6.45, 7) is 3.20. The lowest BCUT2D eigenvalue weighted by molar-refractivity contribution is -0.137. The number of para-hydroxylation sites is 2. The van der Waals surface area contributed by atoms with Crippen LogP contribution in [0.5, 0.6) is 0 Å². The van der Waals surface area contributed by atoms with Crippen LogP contribution < -0.4 is 4.90 Å². The van der Waals surface area contributed by atoms with Crippen LogP contribution in [0.4, 0.5) is 18.2 Å². The Kier molecular flexibility index (Phi) is 5.54. The first-order valence-electron chi connectivity index (χ1n) is 10.7. The third-order valence-corrected chi connectivity index (χ3v) is 7.10. The van der Waals surface area contributed by atoms with Crippen LogP contribution in [-0.2, 0) is 24.6 Å². The van der Waals surface area contributed by atoms with E-state index in [1.165, 1.54) is 0 Å².